The molecule has 2 heterocycles. The standard InChI is InChI=1S/C27H33F3N4O/c1-19-14-33(24-10-8-22(9-11-24)27(28,29)30)15-20(2)34(19)25(35)31-23-12-26(13-23)17-32(18-26)16-21-6-4-3-5-7-21/h3-11,19-20,23H,12-18H2,1-2H3,(H,31,35)/t19-,20-/m1/s1. The minimum absolute atomic E-state index is 0.0302. The van der Waals surface area contributed by atoms with Crippen molar-refractivity contribution in [3.63, 3.8) is 0 Å². The number of likely N-dealkylation sites (tertiary alicyclic amines) is 1. The maximum Gasteiger partial charge on any atom is 0.416 e. The first kappa shape index (κ1) is 24.0. The van der Waals surface area contributed by atoms with Gasteiger partial charge < -0.3 is 15.1 Å². The molecule has 2 aromatic rings. The third-order valence-corrected chi connectivity index (χ3v) is 7.77. The van der Waals surface area contributed by atoms with E-state index in [0.29, 0.717) is 18.5 Å². The number of piperazine rings is 1. The highest BCUT2D eigenvalue weighted by Gasteiger charge is 2.52. The zero-order chi connectivity index (χ0) is 24.8. The predicted molar refractivity (Wildman–Crippen MR) is 130 cm³/mol. The molecule has 1 spiro atoms. The average molecular weight is 487 g/mol. The summed E-state index contributed by atoms with van der Waals surface area (Å²) in [6.07, 6.45) is -2.29. The Labute approximate surface area is 204 Å². The maximum atomic E-state index is 13.1. The second-order valence-electron chi connectivity index (χ2n) is 10.7. The molecule has 0 radical (unpaired) electrons. The lowest BCUT2D eigenvalue weighted by Gasteiger charge is -2.59. The Morgan fingerprint density at radius 2 is 1.57 bits per heavy atom. The second kappa shape index (κ2) is 9.04. The van der Waals surface area contributed by atoms with E-state index in [9.17, 15) is 18.0 Å². The molecule has 5 rings (SSSR count). The van der Waals surface area contributed by atoms with Gasteiger partial charge in [0.05, 0.1) is 5.56 Å². The van der Waals surface area contributed by atoms with E-state index in [1.54, 1.807) is 0 Å². The largest absolute Gasteiger partial charge is 0.416 e. The Balaban J connectivity index is 1.09. The first-order chi connectivity index (χ1) is 16.6. The molecule has 1 saturated carbocycles. The van der Waals surface area contributed by atoms with Crippen LogP contribution in [0.1, 0.15) is 37.8 Å². The number of carbonyl (C=O) groups excluding carboxylic acids is 1. The first-order valence-electron chi connectivity index (χ1n) is 12.4. The van der Waals surface area contributed by atoms with Crippen LogP contribution in [-0.4, -0.2) is 60.1 Å². The summed E-state index contributed by atoms with van der Waals surface area (Å²) in [5, 5.41) is 3.24. The second-order valence-corrected chi connectivity index (χ2v) is 10.7. The summed E-state index contributed by atoms with van der Waals surface area (Å²) in [5.41, 5.74) is 1.80. The van der Waals surface area contributed by atoms with Crippen LogP contribution in [0.2, 0.25) is 0 Å². The van der Waals surface area contributed by atoms with Crippen molar-refractivity contribution in [2.24, 2.45) is 5.41 Å². The van der Waals surface area contributed by atoms with Crippen molar-refractivity contribution in [1.82, 2.24) is 15.1 Å². The van der Waals surface area contributed by atoms with E-state index in [1.807, 2.05) is 24.8 Å². The number of rotatable bonds is 4. The summed E-state index contributed by atoms with van der Waals surface area (Å²) in [4.78, 5) is 19.5. The first-order valence-corrected chi connectivity index (χ1v) is 12.4. The molecule has 0 unspecified atom stereocenters. The van der Waals surface area contributed by atoms with Crippen LogP contribution in [0.15, 0.2) is 54.6 Å². The van der Waals surface area contributed by atoms with Crippen LogP contribution in [-0.2, 0) is 12.7 Å². The lowest BCUT2D eigenvalue weighted by atomic mass is 9.60. The fourth-order valence-corrected chi connectivity index (χ4v) is 6.25. The summed E-state index contributed by atoms with van der Waals surface area (Å²) >= 11 is 0. The highest BCUT2D eigenvalue weighted by molar-refractivity contribution is 5.76. The van der Waals surface area contributed by atoms with Gasteiger partial charge in [0, 0.05) is 56.5 Å². The van der Waals surface area contributed by atoms with Gasteiger partial charge in [0.1, 0.15) is 0 Å². The number of anilines is 1. The molecule has 2 atom stereocenters. The van der Waals surface area contributed by atoms with Crippen molar-refractivity contribution in [3.8, 4) is 0 Å². The topological polar surface area (TPSA) is 38.8 Å². The van der Waals surface area contributed by atoms with E-state index in [-0.39, 0.29) is 24.2 Å². The normalized spacial score (nSPS) is 24.7. The minimum Gasteiger partial charge on any atom is -0.367 e. The Morgan fingerprint density at radius 3 is 2.14 bits per heavy atom. The molecule has 0 aromatic heterocycles. The van der Waals surface area contributed by atoms with Crippen molar-refractivity contribution >= 4 is 11.7 Å². The third-order valence-electron chi connectivity index (χ3n) is 7.77. The van der Waals surface area contributed by atoms with E-state index < -0.39 is 11.7 Å². The monoisotopic (exact) mass is 486 g/mol. The fraction of sp³-hybridized carbons (Fsp3) is 0.519. The fourth-order valence-electron chi connectivity index (χ4n) is 6.25. The highest BCUT2D eigenvalue weighted by Crippen LogP contribution is 2.48. The molecule has 8 heteroatoms. The van der Waals surface area contributed by atoms with Crippen molar-refractivity contribution in [2.75, 3.05) is 31.1 Å². The molecule has 1 aliphatic carbocycles. The Bertz CT molecular complexity index is 1020. The number of nitrogens with zero attached hydrogens (tertiary/aromatic N) is 3. The average Bonchev–Trinajstić information content (AvgIpc) is 2.76. The van der Waals surface area contributed by atoms with Gasteiger partial charge in [-0.2, -0.15) is 13.2 Å². The van der Waals surface area contributed by atoms with Crippen LogP contribution in [0, 0.1) is 5.41 Å². The van der Waals surface area contributed by atoms with Gasteiger partial charge in [-0.1, -0.05) is 30.3 Å². The van der Waals surface area contributed by atoms with E-state index in [0.717, 1.165) is 50.3 Å². The molecule has 0 bridgehead atoms. The van der Waals surface area contributed by atoms with Crippen LogP contribution >= 0.6 is 0 Å². The third kappa shape index (κ3) is 4.99. The van der Waals surface area contributed by atoms with Gasteiger partial charge in [-0.25, -0.2) is 4.79 Å². The molecule has 2 aliphatic heterocycles. The van der Waals surface area contributed by atoms with Crippen LogP contribution in [0.3, 0.4) is 0 Å². The van der Waals surface area contributed by atoms with E-state index in [1.165, 1.54) is 17.7 Å². The number of benzene rings is 2. The van der Waals surface area contributed by atoms with Crippen molar-refractivity contribution in [2.45, 2.75) is 57.5 Å². The number of urea groups is 1. The lowest BCUT2D eigenvalue weighted by Crippen LogP contribution is -2.68. The Morgan fingerprint density at radius 1 is 0.971 bits per heavy atom. The zero-order valence-electron chi connectivity index (χ0n) is 20.3. The Hall–Kier alpha value is -2.74. The molecule has 2 aromatic carbocycles. The van der Waals surface area contributed by atoms with Gasteiger partial charge in [0.15, 0.2) is 0 Å². The van der Waals surface area contributed by atoms with Gasteiger partial charge in [-0.3, -0.25) is 4.90 Å². The van der Waals surface area contributed by atoms with E-state index in [2.05, 4.69) is 39.4 Å². The lowest BCUT2D eigenvalue weighted by molar-refractivity contribution is -0.137. The van der Waals surface area contributed by atoms with Gasteiger partial charge in [0.2, 0.25) is 0 Å². The zero-order valence-corrected chi connectivity index (χ0v) is 20.3. The van der Waals surface area contributed by atoms with E-state index in [4.69, 9.17) is 0 Å². The maximum absolute atomic E-state index is 13.1. The summed E-state index contributed by atoms with van der Waals surface area (Å²) < 4.78 is 38.6. The molecule has 2 saturated heterocycles. The van der Waals surface area contributed by atoms with Gasteiger partial charge in [-0.15, -0.1) is 0 Å². The van der Waals surface area contributed by atoms with Crippen molar-refractivity contribution in [3.05, 3.63) is 65.7 Å². The molecular weight excluding hydrogens is 453 g/mol. The molecule has 3 fully saturated rings. The molecule has 2 amide bonds. The van der Waals surface area contributed by atoms with Crippen LogP contribution in [0.25, 0.3) is 0 Å². The summed E-state index contributed by atoms with van der Waals surface area (Å²) in [6.45, 7) is 8.35. The number of halogens is 3. The molecule has 3 aliphatic rings. The molecule has 35 heavy (non-hydrogen) atoms. The van der Waals surface area contributed by atoms with Gasteiger partial charge in [-0.05, 0) is 61.9 Å². The highest BCUT2D eigenvalue weighted by atomic mass is 19.4. The summed E-state index contributed by atoms with van der Waals surface area (Å²) in [7, 11) is 0. The van der Waals surface area contributed by atoms with Crippen molar-refractivity contribution < 1.29 is 18.0 Å². The molecular formula is C27H33F3N4O. The molecule has 188 valence electrons. The number of hydrogen-bond acceptors (Lipinski definition) is 3. The minimum atomic E-state index is -4.34. The number of hydrogen-bond donors (Lipinski definition) is 1. The van der Waals surface area contributed by atoms with Crippen LogP contribution in [0.5, 0.6) is 0 Å². The number of nitrogens with one attached hydrogen (secondary N) is 1. The number of alkyl halides is 3. The Kier molecular flexibility index (Phi) is 6.20. The molecule has 1 N–H and O–H groups in total. The van der Waals surface area contributed by atoms with Gasteiger partial charge >= 0.3 is 12.2 Å². The summed E-state index contributed by atoms with van der Waals surface area (Å²) in [6, 6.07) is 15.9. The van der Waals surface area contributed by atoms with Crippen LogP contribution < -0.4 is 10.2 Å². The quantitative estimate of drug-likeness (QED) is 0.663. The summed E-state index contributed by atoms with van der Waals surface area (Å²) in [5.74, 6) is 0. The molecule has 5 nitrogen and oxygen atoms in total. The van der Waals surface area contributed by atoms with E-state index >= 15 is 0 Å². The number of amides is 2. The van der Waals surface area contributed by atoms with Gasteiger partial charge in [0.25, 0.3) is 0 Å². The van der Waals surface area contributed by atoms with Crippen LogP contribution in [0.4, 0.5) is 23.7 Å². The number of carbonyl (C=O) groups is 1. The SMILES string of the molecule is C[C@@H]1CN(c2ccc(C(F)(F)F)cc2)C[C@@H](C)N1C(=O)NC1CC2(C1)CN(Cc1ccccc1)C2. The predicted octanol–water partition coefficient (Wildman–Crippen LogP) is 4.98. The smallest absolute Gasteiger partial charge is 0.367 e. The van der Waals surface area contributed by atoms with Crippen molar-refractivity contribution in [1.29, 1.82) is 0 Å².